The Kier molecular flexibility index (Phi) is 8.13. The lowest BCUT2D eigenvalue weighted by Crippen LogP contribution is -2.08. The number of hydrazone groups is 1. The molecule has 0 unspecified atom stereocenters. The van der Waals surface area contributed by atoms with E-state index in [2.05, 4.69) is 34.5 Å². The number of benzene rings is 3. The van der Waals surface area contributed by atoms with Crippen molar-refractivity contribution in [2.24, 2.45) is 5.10 Å². The molecule has 2 aliphatic rings. The quantitative estimate of drug-likeness (QED) is 0.241. The highest BCUT2D eigenvalue weighted by Gasteiger charge is 2.09. The summed E-state index contributed by atoms with van der Waals surface area (Å²) in [7, 11) is 0. The van der Waals surface area contributed by atoms with Crippen LogP contribution in [0.4, 0.5) is 20.2 Å². The number of fused-ring (bicyclic) bond motifs is 1. The Morgan fingerprint density at radius 1 is 0.972 bits per heavy atom. The van der Waals surface area contributed by atoms with Crippen LogP contribution in [-0.2, 0) is 6.42 Å². The highest BCUT2D eigenvalue weighted by Crippen LogP contribution is 2.26. The summed E-state index contributed by atoms with van der Waals surface area (Å²) in [5.41, 5.74) is 13.5. The van der Waals surface area contributed by atoms with Crippen molar-refractivity contribution in [3.05, 3.63) is 115 Å². The first-order chi connectivity index (χ1) is 17.5. The second-order valence-corrected chi connectivity index (χ2v) is 8.37. The van der Waals surface area contributed by atoms with Crippen LogP contribution in [0, 0.1) is 0 Å². The van der Waals surface area contributed by atoms with Crippen LogP contribution in [0.1, 0.15) is 18.4 Å². The monoisotopic (exact) mass is 486 g/mol. The molecule has 5 nitrogen and oxygen atoms in total. The third kappa shape index (κ3) is 7.30. The molecule has 5 rings (SSSR count). The minimum Gasteiger partial charge on any atom is -0.457 e. The fraction of sp³-hybridized carbons (Fsp3) is 0.138. The van der Waals surface area contributed by atoms with Gasteiger partial charge in [0.1, 0.15) is 11.5 Å². The molecular weight excluding hydrogens is 458 g/mol. The van der Waals surface area contributed by atoms with Gasteiger partial charge in [-0.3, -0.25) is 5.43 Å². The average molecular weight is 487 g/mol. The Bertz CT molecular complexity index is 1320. The van der Waals surface area contributed by atoms with E-state index in [9.17, 15) is 8.78 Å². The van der Waals surface area contributed by atoms with Crippen molar-refractivity contribution in [1.82, 2.24) is 5.43 Å². The molecule has 36 heavy (non-hydrogen) atoms. The van der Waals surface area contributed by atoms with Gasteiger partial charge in [-0.05, 0) is 71.7 Å². The number of rotatable bonds is 7. The number of nitrogens with zero attached hydrogens (tertiary/aromatic N) is 1. The normalized spacial score (nSPS) is 17.5. The Balaban J connectivity index is 0.000000692. The summed E-state index contributed by atoms with van der Waals surface area (Å²) in [6.07, 6.45) is 6.77. The second kappa shape index (κ2) is 11.8. The van der Waals surface area contributed by atoms with E-state index in [1.54, 1.807) is 36.7 Å². The van der Waals surface area contributed by atoms with Gasteiger partial charge < -0.3 is 15.6 Å². The van der Waals surface area contributed by atoms with E-state index in [1.165, 1.54) is 18.4 Å². The molecule has 1 saturated carbocycles. The van der Waals surface area contributed by atoms with E-state index < -0.39 is 6.43 Å². The van der Waals surface area contributed by atoms with Crippen molar-refractivity contribution >= 4 is 28.4 Å². The highest BCUT2D eigenvalue weighted by molar-refractivity contribution is 5.88. The molecule has 1 aliphatic carbocycles. The first-order valence-corrected chi connectivity index (χ1v) is 11.6. The highest BCUT2D eigenvalue weighted by atomic mass is 19.3. The molecule has 0 saturated heterocycles. The molecule has 1 heterocycles. The average Bonchev–Trinajstić information content (AvgIpc) is 3.65. The summed E-state index contributed by atoms with van der Waals surface area (Å²) >= 11 is 0. The predicted octanol–water partition coefficient (Wildman–Crippen LogP) is 7.34. The largest absolute Gasteiger partial charge is 0.457 e. The zero-order valence-electron chi connectivity index (χ0n) is 19.8. The smallest absolute Gasteiger partial charge is 0.242 e. The fourth-order valence-corrected chi connectivity index (χ4v) is 3.36. The van der Waals surface area contributed by atoms with Gasteiger partial charge in [0.15, 0.2) is 0 Å². The van der Waals surface area contributed by atoms with Crippen LogP contribution in [0.5, 0.6) is 5.75 Å². The Hall–Kier alpha value is -4.39. The van der Waals surface area contributed by atoms with Crippen LogP contribution >= 0.6 is 0 Å². The van der Waals surface area contributed by atoms with Gasteiger partial charge in [0.25, 0.3) is 0 Å². The minimum atomic E-state index is -2.37. The Morgan fingerprint density at radius 3 is 2.42 bits per heavy atom. The maximum absolute atomic E-state index is 12.8. The van der Waals surface area contributed by atoms with E-state index in [-0.39, 0.29) is 6.42 Å². The molecule has 0 aromatic heterocycles. The zero-order chi connectivity index (χ0) is 25.3. The van der Waals surface area contributed by atoms with E-state index in [0.29, 0.717) is 17.1 Å². The molecule has 0 atom stereocenters. The van der Waals surface area contributed by atoms with E-state index >= 15 is 0 Å². The molecule has 1 fully saturated rings. The Labute approximate surface area is 209 Å². The molecule has 0 spiro atoms. The summed E-state index contributed by atoms with van der Waals surface area (Å²) in [6.45, 7) is 7.64. The third-order valence-corrected chi connectivity index (χ3v) is 5.43. The minimum absolute atomic E-state index is 0.249. The van der Waals surface area contributed by atoms with Gasteiger partial charge >= 0.3 is 0 Å². The molecule has 7 heteroatoms. The number of anilines is 2. The summed E-state index contributed by atoms with van der Waals surface area (Å²) in [4.78, 5) is 0. The number of hydrogen-bond acceptors (Lipinski definition) is 5. The van der Waals surface area contributed by atoms with Gasteiger partial charge in [-0.15, -0.1) is 0 Å². The van der Waals surface area contributed by atoms with Gasteiger partial charge in [-0.2, -0.15) is 5.10 Å². The van der Waals surface area contributed by atoms with Gasteiger partial charge in [0, 0.05) is 24.3 Å². The molecule has 3 aromatic rings. The standard InChI is InChI=1S/C25H22F2N4O.C4H6/c1-17-11-13-28-29-14-12-24(17)32-22-8-5-20(6-9-22)30-31-21-7-10-23-18(15-21)3-2-4-19(23)16-25(26)27;1-4-2-3-4/h2-15,25,28,30-31H,1,16H2;1-3H2/b13-11-,24-12+,29-14-;. The number of hydrogen-bond donors (Lipinski definition) is 3. The van der Waals surface area contributed by atoms with Crippen LogP contribution in [0.3, 0.4) is 0 Å². The SMILES string of the molecule is C=C1/C=C\N/N=C\C=C/1Oc1ccc(NNc2ccc3c(CC(F)F)cccc3c2)cc1.C=C1CC1. The number of hydrazine groups is 1. The number of allylic oxidation sites excluding steroid dienone is 3. The third-order valence-electron chi connectivity index (χ3n) is 5.43. The van der Waals surface area contributed by atoms with Crippen LogP contribution in [0.2, 0.25) is 0 Å². The predicted molar refractivity (Wildman–Crippen MR) is 144 cm³/mol. The van der Waals surface area contributed by atoms with Crippen molar-refractivity contribution in [1.29, 1.82) is 0 Å². The topological polar surface area (TPSA) is 57.7 Å². The van der Waals surface area contributed by atoms with Crippen molar-refractivity contribution in [2.75, 3.05) is 10.9 Å². The van der Waals surface area contributed by atoms with Crippen molar-refractivity contribution < 1.29 is 13.5 Å². The van der Waals surface area contributed by atoms with Crippen LogP contribution in [0.25, 0.3) is 10.8 Å². The molecule has 0 bridgehead atoms. The fourth-order valence-electron chi connectivity index (χ4n) is 3.36. The van der Waals surface area contributed by atoms with Crippen molar-refractivity contribution in [3.63, 3.8) is 0 Å². The van der Waals surface area contributed by atoms with Gasteiger partial charge in [-0.1, -0.05) is 43.0 Å². The van der Waals surface area contributed by atoms with E-state index in [0.717, 1.165) is 27.7 Å². The molecule has 1 aliphatic heterocycles. The number of ether oxygens (including phenoxy) is 1. The van der Waals surface area contributed by atoms with Gasteiger partial charge in [0.2, 0.25) is 6.43 Å². The molecular formula is C29H28F2N4O. The Morgan fingerprint density at radius 2 is 1.69 bits per heavy atom. The number of halogens is 2. The van der Waals surface area contributed by atoms with Crippen LogP contribution in [-0.4, -0.2) is 12.6 Å². The lowest BCUT2D eigenvalue weighted by atomic mass is 10.0. The maximum atomic E-state index is 12.8. The summed E-state index contributed by atoms with van der Waals surface area (Å²) in [6, 6.07) is 18.5. The van der Waals surface area contributed by atoms with Gasteiger partial charge in [0.05, 0.1) is 17.6 Å². The zero-order valence-corrected chi connectivity index (χ0v) is 19.8. The first-order valence-electron chi connectivity index (χ1n) is 11.6. The lowest BCUT2D eigenvalue weighted by molar-refractivity contribution is 0.149. The first kappa shape index (κ1) is 24.7. The summed E-state index contributed by atoms with van der Waals surface area (Å²) < 4.78 is 31.5. The number of nitrogens with one attached hydrogen (secondary N) is 3. The summed E-state index contributed by atoms with van der Waals surface area (Å²) in [5.74, 6) is 1.27. The maximum Gasteiger partial charge on any atom is 0.242 e. The van der Waals surface area contributed by atoms with Crippen LogP contribution in [0.15, 0.2) is 114 Å². The lowest BCUT2D eigenvalue weighted by Gasteiger charge is -2.14. The van der Waals surface area contributed by atoms with Crippen molar-refractivity contribution in [3.8, 4) is 5.75 Å². The molecule has 0 radical (unpaired) electrons. The molecule has 0 amide bonds. The number of alkyl halides is 2. The van der Waals surface area contributed by atoms with Crippen LogP contribution < -0.4 is 21.0 Å². The molecule has 3 N–H and O–H groups in total. The molecule has 184 valence electrons. The molecule has 3 aromatic carbocycles. The van der Waals surface area contributed by atoms with E-state index in [1.807, 2.05) is 48.5 Å². The van der Waals surface area contributed by atoms with E-state index in [4.69, 9.17) is 4.74 Å². The van der Waals surface area contributed by atoms with Crippen molar-refractivity contribution in [2.45, 2.75) is 25.7 Å². The second-order valence-electron chi connectivity index (χ2n) is 8.37. The van der Waals surface area contributed by atoms with Gasteiger partial charge in [-0.25, -0.2) is 8.78 Å². The summed E-state index contributed by atoms with van der Waals surface area (Å²) in [5, 5.41) is 5.69.